The van der Waals surface area contributed by atoms with Crippen LogP contribution in [0, 0.1) is 0 Å². The molecule has 5 heteroatoms. The van der Waals surface area contributed by atoms with Crippen LogP contribution >= 0.6 is 15.9 Å². The van der Waals surface area contributed by atoms with Gasteiger partial charge in [-0.3, -0.25) is 4.79 Å². The summed E-state index contributed by atoms with van der Waals surface area (Å²) in [6.07, 6.45) is 6.17. The van der Waals surface area contributed by atoms with Crippen LogP contribution in [0.1, 0.15) is 49.4 Å². The summed E-state index contributed by atoms with van der Waals surface area (Å²) in [5.41, 5.74) is 0.655. The molecular formula is C18H27BrN2O2. The lowest BCUT2D eigenvalue weighted by molar-refractivity contribution is 0.0951. The number of ether oxygens (including phenoxy) is 1. The highest BCUT2D eigenvalue weighted by Crippen LogP contribution is 2.25. The average Bonchev–Trinajstić information content (AvgIpc) is 2.56. The van der Waals surface area contributed by atoms with Crippen LogP contribution in [0.2, 0.25) is 0 Å². The number of unbranched alkanes of at least 4 members (excludes halogenated alkanes) is 1. The molecule has 1 fully saturated rings. The van der Waals surface area contributed by atoms with E-state index < -0.39 is 0 Å². The Balaban J connectivity index is 1.67. The number of carbonyl (C=O) groups excluding carboxylic acids is 1. The summed E-state index contributed by atoms with van der Waals surface area (Å²) >= 11 is 3.41. The molecule has 0 saturated carbocycles. The number of nitrogens with one attached hydrogen (secondary N) is 1. The molecule has 1 saturated heterocycles. The largest absolute Gasteiger partial charge is 0.496 e. The van der Waals surface area contributed by atoms with E-state index in [-0.39, 0.29) is 5.91 Å². The Bertz CT molecular complexity index is 522. The Morgan fingerprint density at radius 3 is 2.91 bits per heavy atom. The van der Waals surface area contributed by atoms with Gasteiger partial charge >= 0.3 is 0 Å². The van der Waals surface area contributed by atoms with Crippen LogP contribution in [-0.4, -0.2) is 43.6 Å². The van der Waals surface area contributed by atoms with Crippen molar-refractivity contribution in [3.05, 3.63) is 28.2 Å². The van der Waals surface area contributed by atoms with Crippen molar-refractivity contribution in [1.29, 1.82) is 0 Å². The fourth-order valence-electron chi connectivity index (χ4n) is 3.04. The second-order valence-corrected chi connectivity index (χ2v) is 7.05. The maximum atomic E-state index is 12.1. The van der Waals surface area contributed by atoms with E-state index in [4.69, 9.17) is 4.74 Å². The quantitative estimate of drug-likeness (QED) is 0.728. The normalized spacial score (nSPS) is 18.7. The molecule has 128 valence electrons. The maximum absolute atomic E-state index is 12.1. The highest BCUT2D eigenvalue weighted by atomic mass is 79.9. The molecule has 1 amide bonds. The van der Waals surface area contributed by atoms with E-state index in [0.29, 0.717) is 5.56 Å². The summed E-state index contributed by atoms with van der Waals surface area (Å²) in [5, 5.41) is 2.99. The molecule has 1 aliphatic rings. The van der Waals surface area contributed by atoms with Crippen LogP contribution in [0.4, 0.5) is 0 Å². The predicted octanol–water partition coefficient (Wildman–Crippen LogP) is 3.84. The topological polar surface area (TPSA) is 41.6 Å². The standard InChI is InChI=1S/C18H27BrN2O2/c1-14-7-3-5-11-21(14)12-6-4-10-20-18(22)15-8-9-17(23-2)16(19)13-15/h8-9,13-14H,3-7,10-12H2,1-2H3,(H,20,22)/t14-/m0/s1. The van der Waals surface area contributed by atoms with Crippen molar-refractivity contribution in [2.45, 2.75) is 45.1 Å². The van der Waals surface area contributed by atoms with Crippen molar-refractivity contribution < 1.29 is 9.53 Å². The van der Waals surface area contributed by atoms with Gasteiger partial charge in [0.05, 0.1) is 11.6 Å². The van der Waals surface area contributed by atoms with Crippen LogP contribution in [0.3, 0.4) is 0 Å². The van der Waals surface area contributed by atoms with Gasteiger partial charge in [-0.15, -0.1) is 0 Å². The third kappa shape index (κ3) is 5.50. The van der Waals surface area contributed by atoms with Gasteiger partial charge in [0.15, 0.2) is 0 Å². The van der Waals surface area contributed by atoms with Crippen molar-refractivity contribution in [2.75, 3.05) is 26.7 Å². The molecule has 1 aromatic carbocycles. The molecule has 1 aliphatic heterocycles. The van der Waals surface area contributed by atoms with E-state index in [0.717, 1.165) is 42.2 Å². The van der Waals surface area contributed by atoms with Crippen LogP contribution in [0.5, 0.6) is 5.75 Å². The van der Waals surface area contributed by atoms with Crippen molar-refractivity contribution in [1.82, 2.24) is 10.2 Å². The van der Waals surface area contributed by atoms with Crippen LogP contribution in [-0.2, 0) is 0 Å². The fraction of sp³-hybridized carbons (Fsp3) is 0.611. The SMILES string of the molecule is COc1ccc(C(=O)NCCCCN2CCCC[C@@H]2C)cc1Br. The van der Waals surface area contributed by atoms with Gasteiger partial charge in [-0.2, -0.15) is 0 Å². The van der Waals surface area contributed by atoms with Crippen molar-refractivity contribution in [3.8, 4) is 5.75 Å². The first-order valence-corrected chi connectivity index (χ1v) is 9.27. The van der Waals surface area contributed by atoms with Gasteiger partial charge in [0.2, 0.25) is 0 Å². The highest BCUT2D eigenvalue weighted by molar-refractivity contribution is 9.10. The number of nitrogens with zero attached hydrogens (tertiary/aromatic N) is 1. The number of halogens is 1. The number of methoxy groups -OCH3 is 1. The number of hydrogen-bond donors (Lipinski definition) is 1. The first-order valence-electron chi connectivity index (χ1n) is 8.47. The average molecular weight is 383 g/mol. The first-order chi connectivity index (χ1) is 11.1. The lowest BCUT2D eigenvalue weighted by Gasteiger charge is -2.33. The Kier molecular flexibility index (Phi) is 7.37. The summed E-state index contributed by atoms with van der Waals surface area (Å²) in [6, 6.07) is 6.10. The molecular weight excluding hydrogens is 356 g/mol. The van der Waals surface area contributed by atoms with Crippen molar-refractivity contribution >= 4 is 21.8 Å². The number of piperidine rings is 1. The molecule has 0 unspecified atom stereocenters. The summed E-state index contributed by atoms with van der Waals surface area (Å²) in [6.45, 7) is 5.42. The van der Waals surface area contributed by atoms with E-state index in [1.54, 1.807) is 25.3 Å². The molecule has 0 spiro atoms. The second kappa shape index (κ2) is 9.28. The lowest BCUT2D eigenvalue weighted by atomic mass is 10.0. The maximum Gasteiger partial charge on any atom is 0.251 e. The third-order valence-corrected chi connectivity index (χ3v) is 5.13. The van der Waals surface area contributed by atoms with E-state index in [9.17, 15) is 4.79 Å². The van der Waals surface area contributed by atoms with Crippen LogP contribution in [0.25, 0.3) is 0 Å². The zero-order valence-electron chi connectivity index (χ0n) is 14.1. The first kappa shape index (κ1) is 18.3. The Labute approximate surface area is 147 Å². The molecule has 0 aromatic heterocycles. The second-order valence-electron chi connectivity index (χ2n) is 6.19. The highest BCUT2D eigenvalue weighted by Gasteiger charge is 2.17. The molecule has 4 nitrogen and oxygen atoms in total. The third-order valence-electron chi connectivity index (χ3n) is 4.51. The van der Waals surface area contributed by atoms with Gasteiger partial charge in [-0.1, -0.05) is 6.42 Å². The van der Waals surface area contributed by atoms with Gasteiger partial charge in [-0.05, 0) is 79.8 Å². The number of hydrogen-bond acceptors (Lipinski definition) is 3. The van der Waals surface area contributed by atoms with Crippen molar-refractivity contribution in [2.24, 2.45) is 0 Å². The van der Waals surface area contributed by atoms with E-state index >= 15 is 0 Å². The van der Waals surface area contributed by atoms with Crippen LogP contribution in [0.15, 0.2) is 22.7 Å². The smallest absolute Gasteiger partial charge is 0.251 e. The van der Waals surface area contributed by atoms with E-state index in [2.05, 4.69) is 33.1 Å². The summed E-state index contributed by atoms with van der Waals surface area (Å²) < 4.78 is 5.97. The zero-order chi connectivity index (χ0) is 16.7. The van der Waals surface area contributed by atoms with Gasteiger partial charge < -0.3 is 15.0 Å². The number of carbonyl (C=O) groups is 1. The van der Waals surface area contributed by atoms with Gasteiger partial charge in [0.1, 0.15) is 5.75 Å². The number of likely N-dealkylation sites (tertiary alicyclic amines) is 1. The summed E-state index contributed by atoms with van der Waals surface area (Å²) in [7, 11) is 1.61. The minimum absolute atomic E-state index is 0.0281. The molecule has 1 N–H and O–H groups in total. The summed E-state index contributed by atoms with van der Waals surface area (Å²) in [5.74, 6) is 0.705. The number of rotatable bonds is 7. The minimum atomic E-state index is -0.0281. The molecule has 1 atom stereocenters. The Morgan fingerprint density at radius 1 is 1.39 bits per heavy atom. The molecule has 1 aromatic rings. The predicted molar refractivity (Wildman–Crippen MR) is 97.1 cm³/mol. The molecule has 2 rings (SSSR count). The van der Waals surface area contributed by atoms with Gasteiger partial charge in [0.25, 0.3) is 5.91 Å². The molecule has 0 aliphatic carbocycles. The van der Waals surface area contributed by atoms with E-state index in [1.165, 1.54) is 25.8 Å². The minimum Gasteiger partial charge on any atom is -0.496 e. The zero-order valence-corrected chi connectivity index (χ0v) is 15.7. The van der Waals surface area contributed by atoms with Crippen molar-refractivity contribution in [3.63, 3.8) is 0 Å². The Hall–Kier alpha value is -1.07. The lowest BCUT2D eigenvalue weighted by Crippen LogP contribution is -2.38. The monoisotopic (exact) mass is 382 g/mol. The fourth-order valence-corrected chi connectivity index (χ4v) is 3.58. The van der Waals surface area contributed by atoms with Crippen LogP contribution < -0.4 is 10.1 Å². The molecule has 0 radical (unpaired) electrons. The Morgan fingerprint density at radius 2 is 2.22 bits per heavy atom. The van der Waals surface area contributed by atoms with Gasteiger partial charge in [0, 0.05) is 18.2 Å². The van der Waals surface area contributed by atoms with E-state index in [1.807, 2.05) is 0 Å². The molecule has 0 bridgehead atoms. The summed E-state index contributed by atoms with van der Waals surface area (Å²) in [4.78, 5) is 14.7. The molecule has 1 heterocycles. The number of amides is 1. The van der Waals surface area contributed by atoms with Gasteiger partial charge in [-0.25, -0.2) is 0 Å². The number of benzene rings is 1. The molecule has 23 heavy (non-hydrogen) atoms.